The summed E-state index contributed by atoms with van der Waals surface area (Å²) in [6.07, 6.45) is 3.07. The summed E-state index contributed by atoms with van der Waals surface area (Å²) < 4.78 is 18.4. The van der Waals surface area contributed by atoms with Crippen LogP contribution >= 0.6 is 11.8 Å². The lowest BCUT2D eigenvalue weighted by Gasteiger charge is -2.18. The molecule has 7 heteroatoms. The van der Waals surface area contributed by atoms with Crippen molar-refractivity contribution in [2.24, 2.45) is 0 Å². The fraction of sp³-hybridized carbons (Fsp3) is 0.333. The van der Waals surface area contributed by atoms with E-state index < -0.39 is 6.04 Å². The Hall–Kier alpha value is -2.54. The highest BCUT2D eigenvalue weighted by Gasteiger charge is 2.20. The number of amides is 2. The van der Waals surface area contributed by atoms with E-state index in [1.165, 1.54) is 12.1 Å². The number of carbonyl (C=O) groups excluding carboxylic acids is 2. The lowest BCUT2D eigenvalue weighted by Crippen LogP contribution is -2.48. The summed E-state index contributed by atoms with van der Waals surface area (Å²) in [4.78, 5) is 24.6. The zero-order valence-corrected chi connectivity index (χ0v) is 16.6. The van der Waals surface area contributed by atoms with Gasteiger partial charge in [-0.25, -0.2) is 4.39 Å². The van der Waals surface area contributed by atoms with Gasteiger partial charge in [-0.3, -0.25) is 9.59 Å². The van der Waals surface area contributed by atoms with Gasteiger partial charge in [0.1, 0.15) is 17.6 Å². The van der Waals surface area contributed by atoms with E-state index in [0.717, 1.165) is 11.3 Å². The Morgan fingerprint density at radius 1 is 1.11 bits per heavy atom. The Kier molecular flexibility index (Phi) is 9.34. The first-order valence-corrected chi connectivity index (χ1v) is 10.5. The lowest BCUT2D eigenvalue weighted by molar-refractivity contribution is -0.130. The summed E-state index contributed by atoms with van der Waals surface area (Å²) in [6.45, 7) is 0.263. The van der Waals surface area contributed by atoms with Gasteiger partial charge >= 0.3 is 0 Å². The monoisotopic (exact) mass is 404 g/mol. The molecule has 0 aliphatic rings. The largest absolute Gasteiger partial charge is 0.484 e. The molecule has 2 rings (SSSR count). The average Bonchev–Trinajstić information content (AvgIpc) is 2.71. The highest BCUT2D eigenvalue weighted by Crippen LogP contribution is 2.08. The average molecular weight is 405 g/mol. The minimum atomic E-state index is -0.618. The molecule has 150 valence electrons. The van der Waals surface area contributed by atoms with E-state index in [-0.39, 0.29) is 24.2 Å². The van der Waals surface area contributed by atoms with Crippen molar-refractivity contribution in [3.05, 3.63) is 66.0 Å². The molecule has 5 nitrogen and oxygen atoms in total. The standard InChI is InChI=1S/C21H25FN2O3S/c1-28-14-12-19(24-20(25)15-27-18-5-3-2-4-6-18)21(26)23-13-11-16-7-9-17(22)10-8-16/h2-10,19H,11-15H2,1H3,(H,23,26)(H,24,25)/t19-/m0/s1. The Bertz CT molecular complexity index is 741. The number of ether oxygens (including phenoxy) is 1. The van der Waals surface area contributed by atoms with Crippen molar-refractivity contribution in [1.82, 2.24) is 10.6 Å². The van der Waals surface area contributed by atoms with Crippen LogP contribution in [0.5, 0.6) is 5.75 Å². The minimum absolute atomic E-state index is 0.150. The number of benzene rings is 2. The number of para-hydroxylation sites is 1. The van der Waals surface area contributed by atoms with Gasteiger partial charge in [-0.1, -0.05) is 30.3 Å². The molecule has 2 aromatic rings. The van der Waals surface area contributed by atoms with Crippen LogP contribution < -0.4 is 15.4 Å². The van der Waals surface area contributed by atoms with Gasteiger partial charge in [-0.2, -0.15) is 11.8 Å². The van der Waals surface area contributed by atoms with Crippen LogP contribution in [0, 0.1) is 5.82 Å². The van der Waals surface area contributed by atoms with E-state index in [1.807, 2.05) is 24.5 Å². The van der Waals surface area contributed by atoms with E-state index in [2.05, 4.69) is 10.6 Å². The molecule has 0 aliphatic heterocycles. The number of thioether (sulfide) groups is 1. The molecule has 2 N–H and O–H groups in total. The van der Waals surface area contributed by atoms with Crippen LogP contribution in [0.1, 0.15) is 12.0 Å². The first-order valence-electron chi connectivity index (χ1n) is 9.07. The second kappa shape index (κ2) is 12.0. The minimum Gasteiger partial charge on any atom is -0.484 e. The zero-order chi connectivity index (χ0) is 20.2. The van der Waals surface area contributed by atoms with Crippen LogP contribution in [0.4, 0.5) is 4.39 Å². The molecule has 0 bridgehead atoms. The molecule has 1 atom stereocenters. The first kappa shape index (κ1) is 21.8. The molecule has 28 heavy (non-hydrogen) atoms. The van der Waals surface area contributed by atoms with Crippen molar-refractivity contribution in [3.8, 4) is 5.75 Å². The van der Waals surface area contributed by atoms with Crippen LogP contribution in [0.25, 0.3) is 0 Å². The van der Waals surface area contributed by atoms with Crippen molar-refractivity contribution < 1.29 is 18.7 Å². The molecule has 0 saturated heterocycles. The van der Waals surface area contributed by atoms with Crippen LogP contribution in [-0.4, -0.2) is 43.0 Å². The van der Waals surface area contributed by atoms with Crippen molar-refractivity contribution >= 4 is 23.6 Å². The third-order valence-electron chi connectivity index (χ3n) is 4.00. The van der Waals surface area contributed by atoms with E-state index in [9.17, 15) is 14.0 Å². The van der Waals surface area contributed by atoms with Gasteiger partial charge in [0.2, 0.25) is 5.91 Å². The number of rotatable bonds is 11. The van der Waals surface area contributed by atoms with Crippen LogP contribution in [0.2, 0.25) is 0 Å². The fourth-order valence-corrected chi connectivity index (χ4v) is 2.98. The van der Waals surface area contributed by atoms with Gasteiger partial charge in [-0.15, -0.1) is 0 Å². The van der Waals surface area contributed by atoms with Gasteiger partial charge in [0.15, 0.2) is 6.61 Å². The summed E-state index contributed by atoms with van der Waals surface area (Å²) in [7, 11) is 0. The van der Waals surface area contributed by atoms with E-state index in [4.69, 9.17) is 4.74 Å². The highest BCUT2D eigenvalue weighted by molar-refractivity contribution is 7.98. The second-order valence-electron chi connectivity index (χ2n) is 6.17. The molecular formula is C21H25FN2O3S. The molecule has 0 fully saturated rings. The van der Waals surface area contributed by atoms with Gasteiger partial charge in [0.25, 0.3) is 5.91 Å². The van der Waals surface area contributed by atoms with Crippen LogP contribution in [0.3, 0.4) is 0 Å². The van der Waals surface area contributed by atoms with Crippen LogP contribution in [0.15, 0.2) is 54.6 Å². The smallest absolute Gasteiger partial charge is 0.258 e. The SMILES string of the molecule is CSCC[C@H](NC(=O)COc1ccccc1)C(=O)NCCc1ccc(F)cc1. The van der Waals surface area contributed by atoms with Crippen molar-refractivity contribution in [1.29, 1.82) is 0 Å². The van der Waals surface area contributed by atoms with E-state index in [0.29, 0.717) is 25.1 Å². The Balaban J connectivity index is 1.80. The van der Waals surface area contributed by atoms with Gasteiger partial charge in [0, 0.05) is 6.54 Å². The topological polar surface area (TPSA) is 67.4 Å². The summed E-state index contributed by atoms with van der Waals surface area (Å²) in [5.74, 6) is 0.482. The Labute approximate surface area is 169 Å². The van der Waals surface area contributed by atoms with Crippen molar-refractivity contribution in [2.45, 2.75) is 18.9 Å². The number of carbonyl (C=O) groups is 2. The maximum Gasteiger partial charge on any atom is 0.258 e. The molecule has 0 radical (unpaired) electrons. The molecule has 0 aromatic heterocycles. The summed E-state index contributed by atoms with van der Waals surface area (Å²) in [5.41, 5.74) is 0.933. The summed E-state index contributed by atoms with van der Waals surface area (Å²) in [6, 6.07) is 14.6. The number of halogens is 1. The van der Waals surface area contributed by atoms with Gasteiger partial charge in [-0.05, 0) is 54.7 Å². The summed E-state index contributed by atoms with van der Waals surface area (Å²) >= 11 is 1.61. The molecule has 2 aromatic carbocycles. The Morgan fingerprint density at radius 2 is 1.82 bits per heavy atom. The highest BCUT2D eigenvalue weighted by atomic mass is 32.2. The number of hydrogen-bond donors (Lipinski definition) is 2. The molecule has 0 heterocycles. The quantitative estimate of drug-likeness (QED) is 0.604. The third-order valence-corrected chi connectivity index (χ3v) is 4.65. The molecule has 0 spiro atoms. The Morgan fingerprint density at radius 3 is 2.50 bits per heavy atom. The van der Waals surface area contributed by atoms with Crippen molar-refractivity contribution in [3.63, 3.8) is 0 Å². The molecule has 0 unspecified atom stereocenters. The predicted octanol–water partition coefficient (Wildman–Crippen LogP) is 2.80. The predicted molar refractivity (Wildman–Crippen MR) is 110 cm³/mol. The zero-order valence-electron chi connectivity index (χ0n) is 15.8. The lowest BCUT2D eigenvalue weighted by atomic mass is 10.1. The molecule has 0 saturated carbocycles. The van der Waals surface area contributed by atoms with Crippen LogP contribution in [-0.2, 0) is 16.0 Å². The maximum atomic E-state index is 12.9. The number of nitrogens with one attached hydrogen (secondary N) is 2. The maximum absolute atomic E-state index is 12.9. The van der Waals surface area contributed by atoms with E-state index in [1.54, 1.807) is 36.0 Å². The normalized spacial score (nSPS) is 11.5. The van der Waals surface area contributed by atoms with Crippen molar-refractivity contribution in [2.75, 3.05) is 25.2 Å². The third kappa shape index (κ3) is 8.00. The van der Waals surface area contributed by atoms with Gasteiger partial charge < -0.3 is 15.4 Å². The first-order chi connectivity index (χ1) is 13.6. The second-order valence-corrected chi connectivity index (χ2v) is 7.16. The molecular weight excluding hydrogens is 379 g/mol. The number of hydrogen-bond acceptors (Lipinski definition) is 4. The van der Waals surface area contributed by atoms with E-state index >= 15 is 0 Å². The summed E-state index contributed by atoms with van der Waals surface area (Å²) in [5, 5.41) is 5.58. The van der Waals surface area contributed by atoms with Gasteiger partial charge in [0.05, 0.1) is 0 Å². The molecule has 2 amide bonds. The molecule has 0 aliphatic carbocycles. The fourth-order valence-electron chi connectivity index (χ4n) is 2.51.